The second kappa shape index (κ2) is 10.6. The number of carboxylic acids is 1. The van der Waals surface area contributed by atoms with Gasteiger partial charge in [-0.15, -0.1) is 0 Å². The predicted octanol–water partition coefficient (Wildman–Crippen LogP) is 5.79. The molecule has 0 spiro atoms. The predicted molar refractivity (Wildman–Crippen MR) is 143 cm³/mol. The van der Waals surface area contributed by atoms with Gasteiger partial charge in [-0.3, -0.25) is 14.3 Å². The van der Waals surface area contributed by atoms with Gasteiger partial charge in [0.25, 0.3) is 5.91 Å². The lowest BCUT2D eigenvalue weighted by Gasteiger charge is -2.27. The molecule has 1 fully saturated rings. The van der Waals surface area contributed by atoms with Crippen molar-refractivity contribution in [3.63, 3.8) is 0 Å². The number of carbonyl (C=O) groups excluding carboxylic acids is 1. The molecule has 4 aromatic rings. The molecule has 1 aromatic heterocycles. The van der Waals surface area contributed by atoms with Crippen LogP contribution in [-0.2, 0) is 11.3 Å². The molecular formula is C29H28ClN3O4. The van der Waals surface area contributed by atoms with Crippen molar-refractivity contribution in [3.05, 3.63) is 83.0 Å². The van der Waals surface area contributed by atoms with Crippen LogP contribution in [0.3, 0.4) is 0 Å². The Kier molecular flexibility index (Phi) is 7.15. The first-order chi connectivity index (χ1) is 17.9. The Labute approximate surface area is 220 Å². The second-order valence-corrected chi connectivity index (χ2v) is 9.86. The summed E-state index contributed by atoms with van der Waals surface area (Å²) >= 11 is 6.45. The number of methoxy groups -OCH3 is 1. The Hall–Kier alpha value is -3.84. The van der Waals surface area contributed by atoms with Gasteiger partial charge in [0.05, 0.1) is 41.9 Å². The summed E-state index contributed by atoms with van der Waals surface area (Å²) in [5.41, 5.74) is 4.37. The molecule has 0 saturated heterocycles. The molecule has 1 aliphatic rings. The van der Waals surface area contributed by atoms with Gasteiger partial charge in [0, 0.05) is 11.4 Å². The standard InChI is InChI=1S/C29H28ClN3O4/c1-37-23-4-2-3-21(15-23)19-7-5-18(6-8-19)17-33-27-24(13-14-26(30)25(27)16-31-33)28(34)32-22-11-9-20(10-12-22)29(35)36/h2-8,13-16,20,22H,9-12,17H2,1H3,(H,32,34)(H,35,36)/t20-,22+. The van der Waals surface area contributed by atoms with Crippen LogP contribution in [0.1, 0.15) is 41.6 Å². The minimum Gasteiger partial charge on any atom is -0.497 e. The largest absolute Gasteiger partial charge is 0.497 e. The molecule has 5 rings (SSSR count). The molecule has 0 unspecified atom stereocenters. The van der Waals surface area contributed by atoms with Crippen molar-refractivity contribution >= 4 is 34.4 Å². The van der Waals surface area contributed by atoms with Crippen molar-refractivity contribution in [1.29, 1.82) is 0 Å². The van der Waals surface area contributed by atoms with E-state index in [1.807, 2.05) is 36.4 Å². The van der Waals surface area contributed by atoms with Crippen LogP contribution >= 0.6 is 11.6 Å². The van der Waals surface area contributed by atoms with E-state index in [4.69, 9.17) is 16.3 Å². The van der Waals surface area contributed by atoms with Crippen LogP contribution in [0.15, 0.2) is 66.9 Å². The summed E-state index contributed by atoms with van der Waals surface area (Å²) in [4.78, 5) is 24.5. The van der Waals surface area contributed by atoms with Gasteiger partial charge >= 0.3 is 5.97 Å². The molecule has 0 atom stereocenters. The highest BCUT2D eigenvalue weighted by molar-refractivity contribution is 6.36. The highest BCUT2D eigenvalue weighted by Crippen LogP contribution is 2.29. The van der Waals surface area contributed by atoms with E-state index in [9.17, 15) is 14.7 Å². The van der Waals surface area contributed by atoms with Gasteiger partial charge in [0.2, 0.25) is 0 Å². The first-order valence-electron chi connectivity index (χ1n) is 12.3. The zero-order chi connectivity index (χ0) is 25.9. The number of amides is 1. The lowest BCUT2D eigenvalue weighted by atomic mass is 9.86. The summed E-state index contributed by atoms with van der Waals surface area (Å²) in [6.45, 7) is 0.478. The fourth-order valence-electron chi connectivity index (χ4n) is 5.00. The first kappa shape index (κ1) is 24.8. The normalized spacial score (nSPS) is 17.5. The lowest BCUT2D eigenvalue weighted by Crippen LogP contribution is -2.38. The number of aromatic nitrogens is 2. The monoisotopic (exact) mass is 517 g/mol. The molecule has 0 aliphatic heterocycles. The zero-order valence-electron chi connectivity index (χ0n) is 20.5. The summed E-state index contributed by atoms with van der Waals surface area (Å²) in [6.07, 6.45) is 4.13. The Balaban J connectivity index is 1.36. The highest BCUT2D eigenvalue weighted by atomic mass is 35.5. The molecule has 1 amide bonds. The van der Waals surface area contributed by atoms with E-state index >= 15 is 0 Å². The van der Waals surface area contributed by atoms with Gasteiger partial charge in [-0.25, -0.2) is 0 Å². The van der Waals surface area contributed by atoms with Crippen molar-refractivity contribution in [2.75, 3.05) is 7.11 Å². The van der Waals surface area contributed by atoms with Crippen molar-refractivity contribution in [2.24, 2.45) is 5.92 Å². The number of rotatable bonds is 7. The lowest BCUT2D eigenvalue weighted by molar-refractivity contribution is -0.142. The Morgan fingerprint density at radius 1 is 1.05 bits per heavy atom. The summed E-state index contributed by atoms with van der Waals surface area (Å²) in [7, 11) is 1.65. The van der Waals surface area contributed by atoms with Crippen molar-refractivity contribution in [3.8, 4) is 16.9 Å². The van der Waals surface area contributed by atoms with E-state index in [0.717, 1.165) is 27.8 Å². The van der Waals surface area contributed by atoms with E-state index in [1.165, 1.54) is 0 Å². The minimum absolute atomic E-state index is 0.0469. The quantitative estimate of drug-likeness (QED) is 0.324. The molecule has 2 N–H and O–H groups in total. The molecule has 0 radical (unpaired) electrons. The van der Waals surface area contributed by atoms with Gasteiger partial charge < -0.3 is 15.2 Å². The van der Waals surface area contributed by atoms with Gasteiger partial charge in [-0.05, 0) is 66.6 Å². The maximum atomic E-state index is 13.3. The van der Waals surface area contributed by atoms with Crippen LogP contribution in [0.25, 0.3) is 22.0 Å². The summed E-state index contributed by atoms with van der Waals surface area (Å²) in [5, 5.41) is 18.1. The highest BCUT2D eigenvalue weighted by Gasteiger charge is 2.27. The van der Waals surface area contributed by atoms with Crippen LogP contribution in [-0.4, -0.2) is 39.9 Å². The smallest absolute Gasteiger partial charge is 0.306 e. The van der Waals surface area contributed by atoms with E-state index in [0.29, 0.717) is 48.3 Å². The van der Waals surface area contributed by atoms with Crippen LogP contribution in [0.5, 0.6) is 5.75 Å². The summed E-state index contributed by atoms with van der Waals surface area (Å²) in [5.74, 6) is -0.477. The van der Waals surface area contributed by atoms with Crippen molar-refractivity contribution < 1.29 is 19.4 Å². The molecule has 0 bridgehead atoms. The third-order valence-electron chi connectivity index (χ3n) is 7.09. The molecule has 190 valence electrons. The Morgan fingerprint density at radius 3 is 2.51 bits per heavy atom. The van der Waals surface area contributed by atoms with E-state index in [1.54, 1.807) is 30.1 Å². The number of fused-ring (bicyclic) bond motifs is 1. The Morgan fingerprint density at radius 2 is 1.81 bits per heavy atom. The molecule has 7 nitrogen and oxygen atoms in total. The maximum absolute atomic E-state index is 13.3. The van der Waals surface area contributed by atoms with E-state index in [-0.39, 0.29) is 17.9 Å². The van der Waals surface area contributed by atoms with Crippen molar-refractivity contribution in [1.82, 2.24) is 15.1 Å². The Bertz CT molecular complexity index is 1440. The number of ether oxygens (including phenoxy) is 1. The number of carbonyl (C=O) groups is 2. The average Bonchev–Trinajstić information content (AvgIpc) is 3.34. The van der Waals surface area contributed by atoms with E-state index in [2.05, 4.69) is 22.5 Å². The third-order valence-corrected chi connectivity index (χ3v) is 7.42. The molecule has 3 aromatic carbocycles. The number of carboxylic acid groups (broad SMARTS) is 1. The number of benzene rings is 3. The number of nitrogens with zero attached hydrogens (tertiary/aromatic N) is 2. The fraction of sp³-hybridized carbons (Fsp3) is 0.276. The maximum Gasteiger partial charge on any atom is 0.306 e. The van der Waals surface area contributed by atoms with Crippen LogP contribution in [0, 0.1) is 5.92 Å². The fourth-order valence-corrected chi connectivity index (χ4v) is 5.20. The molecule has 37 heavy (non-hydrogen) atoms. The number of hydrogen-bond donors (Lipinski definition) is 2. The third kappa shape index (κ3) is 5.32. The topological polar surface area (TPSA) is 93.5 Å². The average molecular weight is 518 g/mol. The molecule has 8 heteroatoms. The second-order valence-electron chi connectivity index (χ2n) is 9.45. The van der Waals surface area contributed by atoms with Crippen LogP contribution < -0.4 is 10.1 Å². The van der Waals surface area contributed by atoms with Gasteiger partial charge in [-0.1, -0.05) is 48.0 Å². The number of nitrogens with one attached hydrogen (secondary N) is 1. The number of halogens is 1. The SMILES string of the molecule is COc1cccc(-c2ccc(Cn3ncc4c(Cl)ccc(C(=O)N[C@H]5CC[C@@H](C(=O)O)CC5)c43)cc2)c1. The first-order valence-corrected chi connectivity index (χ1v) is 12.7. The number of aliphatic carboxylic acids is 1. The minimum atomic E-state index is -0.760. The summed E-state index contributed by atoms with van der Waals surface area (Å²) < 4.78 is 7.14. The molecular weight excluding hydrogens is 490 g/mol. The van der Waals surface area contributed by atoms with E-state index < -0.39 is 5.97 Å². The van der Waals surface area contributed by atoms with Gasteiger partial charge in [0.1, 0.15) is 5.75 Å². The van der Waals surface area contributed by atoms with Gasteiger partial charge in [-0.2, -0.15) is 5.10 Å². The molecule has 1 saturated carbocycles. The van der Waals surface area contributed by atoms with Crippen molar-refractivity contribution in [2.45, 2.75) is 38.3 Å². The zero-order valence-corrected chi connectivity index (χ0v) is 21.2. The molecule has 1 aliphatic carbocycles. The summed E-state index contributed by atoms with van der Waals surface area (Å²) in [6, 6.07) is 19.5. The number of hydrogen-bond acceptors (Lipinski definition) is 4. The van der Waals surface area contributed by atoms with Gasteiger partial charge in [0.15, 0.2) is 0 Å². The van der Waals surface area contributed by atoms with Crippen LogP contribution in [0.4, 0.5) is 0 Å². The van der Waals surface area contributed by atoms with Crippen LogP contribution in [0.2, 0.25) is 5.02 Å². The molecule has 1 heterocycles.